The van der Waals surface area contributed by atoms with Gasteiger partial charge in [0.15, 0.2) is 15.8 Å². The first-order chi connectivity index (χ1) is 12.1. The zero-order valence-electron chi connectivity index (χ0n) is 16.4. The minimum Gasteiger partial charge on any atom is -0.493 e. The van der Waals surface area contributed by atoms with Crippen molar-refractivity contribution >= 4 is 15.8 Å². The van der Waals surface area contributed by atoms with Crippen LogP contribution in [0.3, 0.4) is 0 Å². The van der Waals surface area contributed by atoms with E-state index in [4.69, 9.17) is 4.74 Å². The zero-order chi connectivity index (χ0) is 19.4. The van der Waals surface area contributed by atoms with Crippen LogP contribution in [0.5, 0.6) is 5.75 Å². The summed E-state index contributed by atoms with van der Waals surface area (Å²) in [4.78, 5) is 6.33. The number of rotatable bonds is 5. The second kappa shape index (κ2) is 8.29. The van der Waals surface area contributed by atoms with Gasteiger partial charge in [0.05, 0.1) is 17.1 Å². The Morgan fingerprint density at radius 2 is 1.96 bits per heavy atom. The second-order valence-corrected chi connectivity index (χ2v) is 10.5. The minimum absolute atomic E-state index is 0.155. The largest absolute Gasteiger partial charge is 0.493 e. The Morgan fingerprint density at radius 1 is 1.31 bits per heavy atom. The molecule has 0 spiro atoms. The van der Waals surface area contributed by atoms with E-state index in [1.54, 1.807) is 20.9 Å². The molecule has 7 heteroatoms. The van der Waals surface area contributed by atoms with E-state index in [1.807, 2.05) is 29.2 Å². The number of ether oxygens (including phenoxy) is 1. The van der Waals surface area contributed by atoms with E-state index in [-0.39, 0.29) is 5.75 Å². The third kappa shape index (κ3) is 5.13. The molecule has 1 saturated heterocycles. The molecule has 0 aliphatic carbocycles. The van der Waals surface area contributed by atoms with Gasteiger partial charge in [0, 0.05) is 26.7 Å². The van der Waals surface area contributed by atoms with Crippen LogP contribution < -0.4 is 10.1 Å². The number of sulfone groups is 1. The van der Waals surface area contributed by atoms with E-state index in [0.29, 0.717) is 32.2 Å². The molecule has 1 N–H and O–H groups in total. The summed E-state index contributed by atoms with van der Waals surface area (Å²) in [5.74, 6) is 2.25. The molecule has 146 valence electrons. The summed E-state index contributed by atoms with van der Waals surface area (Å²) in [6, 6.07) is 8.00. The molecule has 1 aliphatic rings. The lowest BCUT2D eigenvalue weighted by atomic mass is 10.2. The maximum Gasteiger partial charge on any atom is 0.193 e. The lowest BCUT2D eigenvalue weighted by Gasteiger charge is -2.39. The smallest absolute Gasteiger partial charge is 0.193 e. The van der Waals surface area contributed by atoms with Gasteiger partial charge in [-0.25, -0.2) is 8.42 Å². The lowest BCUT2D eigenvalue weighted by molar-refractivity contribution is 0.271. The van der Waals surface area contributed by atoms with Crippen molar-refractivity contribution < 1.29 is 13.2 Å². The Bertz CT molecular complexity index is 725. The molecule has 2 rings (SSSR count). The molecule has 0 amide bonds. The molecule has 1 aromatic carbocycles. The topological polar surface area (TPSA) is 71.0 Å². The van der Waals surface area contributed by atoms with Gasteiger partial charge in [-0.2, -0.15) is 0 Å². The van der Waals surface area contributed by atoms with Gasteiger partial charge in [-0.1, -0.05) is 26.0 Å². The average Bonchev–Trinajstić information content (AvgIpc) is 2.57. The molecule has 0 aromatic heterocycles. The van der Waals surface area contributed by atoms with Gasteiger partial charge in [0.1, 0.15) is 5.75 Å². The Kier molecular flexibility index (Phi) is 6.55. The van der Waals surface area contributed by atoms with Crippen molar-refractivity contribution in [1.82, 2.24) is 10.2 Å². The monoisotopic (exact) mass is 381 g/mol. The highest BCUT2D eigenvalue weighted by Gasteiger charge is 2.40. The molecule has 26 heavy (non-hydrogen) atoms. The van der Waals surface area contributed by atoms with E-state index < -0.39 is 14.6 Å². The van der Waals surface area contributed by atoms with Gasteiger partial charge in [-0.15, -0.1) is 0 Å². The van der Waals surface area contributed by atoms with Gasteiger partial charge in [-0.3, -0.25) is 4.99 Å². The first kappa shape index (κ1) is 20.6. The second-order valence-electron chi connectivity index (χ2n) is 7.75. The quantitative estimate of drug-likeness (QED) is 0.626. The van der Waals surface area contributed by atoms with E-state index in [2.05, 4.69) is 24.2 Å². The Hall–Kier alpha value is -1.76. The van der Waals surface area contributed by atoms with Gasteiger partial charge >= 0.3 is 0 Å². The van der Waals surface area contributed by atoms with Crippen molar-refractivity contribution in [1.29, 1.82) is 0 Å². The summed E-state index contributed by atoms with van der Waals surface area (Å²) < 4.78 is 29.3. The molecule has 1 aliphatic heterocycles. The molecule has 0 unspecified atom stereocenters. The molecule has 6 nitrogen and oxygen atoms in total. The molecule has 0 bridgehead atoms. The standard InChI is InChI=1S/C19H31N3O3S/c1-15(2)13-25-17-8-6-16(7-9-17)12-21-18(20-5)22-10-11-26(23,24)19(3,4)14-22/h6-9,15H,10-14H2,1-5H3,(H,20,21). The molecular formula is C19H31N3O3S. The van der Waals surface area contributed by atoms with Crippen LogP contribution in [0.1, 0.15) is 33.3 Å². The number of nitrogens with zero attached hydrogens (tertiary/aromatic N) is 2. The molecule has 0 saturated carbocycles. The maximum atomic E-state index is 12.2. The lowest BCUT2D eigenvalue weighted by Crippen LogP contribution is -2.57. The van der Waals surface area contributed by atoms with Gasteiger partial charge in [0.2, 0.25) is 0 Å². The van der Waals surface area contributed by atoms with Crippen LogP contribution in [0.2, 0.25) is 0 Å². The predicted octanol–water partition coefficient (Wildman–Crippen LogP) is 2.31. The number of guanidine groups is 1. The highest BCUT2D eigenvalue weighted by atomic mass is 32.2. The number of benzene rings is 1. The summed E-state index contributed by atoms with van der Waals surface area (Å²) in [5.41, 5.74) is 1.12. The van der Waals surface area contributed by atoms with Crippen LogP contribution >= 0.6 is 0 Å². The van der Waals surface area contributed by atoms with Crippen molar-refractivity contribution in [2.45, 2.75) is 39.0 Å². The van der Waals surface area contributed by atoms with Crippen molar-refractivity contribution in [3.63, 3.8) is 0 Å². The Labute approximate surface area is 157 Å². The molecule has 0 atom stereocenters. The van der Waals surface area contributed by atoms with Crippen LogP contribution in [0.25, 0.3) is 0 Å². The average molecular weight is 382 g/mol. The van der Waals surface area contributed by atoms with E-state index >= 15 is 0 Å². The van der Waals surface area contributed by atoms with Crippen LogP contribution in [0, 0.1) is 5.92 Å². The highest BCUT2D eigenvalue weighted by molar-refractivity contribution is 7.92. The first-order valence-electron chi connectivity index (χ1n) is 9.04. The SMILES string of the molecule is CN=C(NCc1ccc(OCC(C)C)cc1)N1CCS(=O)(=O)C(C)(C)C1. The zero-order valence-corrected chi connectivity index (χ0v) is 17.3. The van der Waals surface area contributed by atoms with Crippen molar-refractivity contribution in [3.05, 3.63) is 29.8 Å². The Morgan fingerprint density at radius 3 is 2.50 bits per heavy atom. The van der Waals surface area contributed by atoms with Gasteiger partial charge < -0.3 is 15.0 Å². The summed E-state index contributed by atoms with van der Waals surface area (Å²) in [7, 11) is -1.33. The van der Waals surface area contributed by atoms with E-state index in [0.717, 1.165) is 17.3 Å². The molecule has 1 fully saturated rings. The first-order valence-corrected chi connectivity index (χ1v) is 10.7. The van der Waals surface area contributed by atoms with Gasteiger partial charge in [0.25, 0.3) is 0 Å². The third-order valence-corrected chi connectivity index (χ3v) is 7.05. The summed E-state index contributed by atoms with van der Waals surface area (Å²) in [5, 5.41) is 3.33. The van der Waals surface area contributed by atoms with E-state index in [1.165, 1.54) is 0 Å². The molecule has 1 aromatic rings. The number of hydrogen-bond donors (Lipinski definition) is 1. The highest BCUT2D eigenvalue weighted by Crippen LogP contribution is 2.23. The predicted molar refractivity (Wildman–Crippen MR) is 106 cm³/mol. The van der Waals surface area contributed by atoms with Crippen LogP contribution in [-0.4, -0.2) is 56.5 Å². The van der Waals surface area contributed by atoms with Gasteiger partial charge in [-0.05, 0) is 37.5 Å². The van der Waals surface area contributed by atoms with Crippen molar-refractivity contribution in [2.75, 3.05) is 32.5 Å². The normalized spacial score (nSPS) is 19.5. The summed E-state index contributed by atoms with van der Waals surface area (Å²) >= 11 is 0. The Balaban J connectivity index is 1.93. The summed E-state index contributed by atoms with van der Waals surface area (Å²) in [6.45, 7) is 10.0. The third-order valence-electron chi connectivity index (χ3n) is 4.51. The van der Waals surface area contributed by atoms with Crippen molar-refractivity contribution in [2.24, 2.45) is 10.9 Å². The number of aliphatic imine (C=N–C) groups is 1. The number of hydrogen-bond acceptors (Lipinski definition) is 4. The molecule has 1 heterocycles. The summed E-state index contributed by atoms with van der Waals surface area (Å²) in [6.07, 6.45) is 0. The fraction of sp³-hybridized carbons (Fsp3) is 0.632. The number of nitrogens with one attached hydrogen (secondary N) is 1. The molecular weight excluding hydrogens is 350 g/mol. The minimum atomic E-state index is -3.06. The van der Waals surface area contributed by atoms with E-state index in [9.17, 15) is 8.42 Å². The fourth-order valence-corrected chi connectivity index (χ4v) is 4.17. The van der Waals surface area contributed by atoms with Crippen molar-refractivity contribution in [3.8, 4) is 5.75 Å². The maximum absolute atomic E-state index is 12.2. The fourth-order valence-electron chi connectivity index (χ4n) is 2.80. The molecule has 0 radical (unpaired) electrons. The van der Waals surface area contributed by atoms with Crippen LogP contribution in [-0.2, 0) is 16.4 Å². The van der Waals surface area contributed by atoms with Crippen LogP contribution in [0.4, 0.5) is 0 Å². The van der Waals surface area contributed by atoms with Crippen LogP contribution in [0.15, 0.2) is 29.3 Å².